The van der Waals surface area contributed by atoms with Gasteiger partial charge in [-0.2, -0.15) is 5.48 Å². The molecule has 33 heavy (non-hydrogen) atoms. The second kappa shape index (κ2) is 13.4. The molecule has 2 atom stereocenters. The maximum Gasteiger partial charge on any atom is 0.328 e. The van der Waals surface area contributed by atoms with Crippen LogP contribution in [0.5, 0.6) is 0 Å². The molecular weight excluding hydrogens is 428 g/mol. The molecule has 3 rings (SSSR count). The minimum Gasteiger partial charge on any atom is -0.480 e. The average molecular weight is 452 g/mol. The van der Waals surface area contributed by atoms with Crippen molar-refractivity contribution < 1.29 is 29.4 Å². The van der Waals surface area contributed by atoms with Crippen LogP contribution in [0, 0.1) is 0 Å². The van der Waals surface area contributed by atoms with E-state index in [1.807, 2.05) is 60.7 Å². The molecule has 0 aliphatic rings. The predicted octanol–water partition coefficient (Wildman–Crippen LogP) is 1.44. The smallest absolute Gasteiger partial charge is 0.328 e. The van der Waals surface area contributed by atoms with E-state index in [0.29, 0.717) is 6.42 Å². The summed E-state index contributed by atoms with van der Waals surface area (Å²) in [6.45, 7) is 0.164. The number of benzene rings is 2. The Hall–Kier alpha value is -4.08. The molecule has 0 aliphatic carbocycles. The molecule has 3 aromatic rings. The van der Waals surface area contributed by atoms with E-state index in [9.17, 15) is 19.5 Å². The molecule has 1 heterocycles. The zero-order valence-electron chi connectivity index (χ0n) is 17.5. The minimum absolute atomic E-state index is 0.142. The highest BCUT2D eigenvalue weighted by Gasteiger charge is 2.26. The molecule has 0 saturated heterocycles. The van der Waals surface area contributed by atoms with E-state index in [0.717, 1.165) is 11.1 Å². The van der Waals surface area contributed by atoms with Crippen LogP contribution in [-0.2, 0) is 32.2 Å². The fraction of sp³-hybridized carbons (Fsp3) is 0.174. The molecule has 0 fully saturated rings. The summed E-state index contributed by atoms with van der Waals surface area (Å²) in [6, 6.07) is 16.4. The molecule has 1 aromatic heterocycles. The van der Waals surface area contributed by atoms with Crippen molar-refractivity contribution in [3.63, 3.8) is 0 Å². The van der Waals surface area contributed by atoms with Crippen LogP contribution in [0.1, 0.15) is 16.8 Å². The fourth-order valence-corrected chi connectivity index (χ4v) is 2.64. The van der Waals surface area contributed by atoms with E-state index < -0.39 is 24.0 Å². The Balaban J connectivity index is 0.000000273. The number of hydrogen-bond donors (Lipinski definition) is 5. The zero-order chi connectivity index (χ0) is 24.1. The van der Waals surface area contributed by atoms with Crippen LogP contribution in [0.15, 0.2) is 73.2 Å². The monoisotopic (exact) mass is 452 g/mol. The number of nitrogens with one attached hydrogen (secondary N) is 2. The molecule has 172 valence electrons. The Kier molecular flexibility index (Phi) is 10.2. The number of aromatic amines is 1. The Morgan fingerprint density at radius 3 is 2.12 bits per heavy atom. The molecule has 0 amide bonds. The average Bonchev–Trinajstić information content (AvgIpc) is 3.35. The Morgan fingerprint density at radius 1 is 1.03 bits per heavy atom. The number of aromatic nitrogens is 2. The van der Waals surface area contributed by atoms with E-state index in [4.69, 9.17) is 15.7 Å². The maximum absolute atomic E-state index is 11.3. The number of carbonyl (C=O) groups excluding carboxylic acids is 1. The standard InChI is InChI=1S/C14H13N3O4.C9H11NO2/c18-7-11(12-6-15-9-16-12)13(14(19)20)17-21-8-10-4-2-1-3-5-10;10-8(9(11)12)6-7-4-2-1-3-5-7/h1-6,9,13,17H,8H2,(H,15,16)(H,19,20);1-5,8H,6,10H2,(H,11,12). The van der Waals surface area contributed by atoms with Gasteiger partial charge < -0.3 is 20.9 Å². The second-order valence-electron chi connectivity index (χ2n) is 6.77. The minimum atomic E-state index is -1.35. The van der Waals surface area contributed by atoms with Crippen molar-refractivity contribution in [2.45, 2.75) is 25.1 Å². The first-order chi connectivity index (χ1) is 15.9. The summed E-state index contributed by atoms with van der Waals surface area (Å²) in [5.74, 6) is -0.624. The van der Waals surface area contributed by atoms with Crippen molar-refractivity contribution >= 4 is 23.5 Å². The molecule has 2 unspecified atom stereocenters. The summed E-state index contributed by atoms with van der Waals surface area (Å²) < 4.78 is 0. The molecule has 6 N–H and O–H groups in total. The first-order valence-corrected chi connectivity index (χ1v) is 9.82. The van der Waals surface area contributed by atoms with Gasteiger partial charge >= 0.3 is 11.9 Å². The highest BCUT2D eigenvalue weighted by atomic mass is 16.6. The van der Waals surface area contributed by atoms with Crippen molar-refractivity contribution in [2.24, 2.45) is 5.73 Å². The van der Waals surface area contributed by atoms with Gasteiger partial charge in [0, 0.05) is 6.20 Å². The molecule has 0 aliphatic heterocycles. The molecule has 0 saturated carbocycles. The number of rotatable bonds is 10. The topological polar surface area (TPSA) is 168 Å². The Morgan fingerprint density at radius 2 is 1.64 bits per heavy atom. The SMILES string of the molecule is NC(Cc1ccccc1)C(=O)O.O=C=C(c1c[nH]cn1)C(NOCc1ccccc1)C(=O)O. The predicted molar refractivity (Wildman–Crippen MR) is 119 cm³/mol. The van der Waals surface area contributed by atoms with Crippen LogP contribution in [-0.4, -0.2) is 50.1 Å². The first kappa shape index (κ1) is 25.2. The molecule has 0 radical (unpaired) electrons. The number of nitrogens with zero attached hydrogens (tertiary/aromatic N) is 1. The van der Waals surface area contributed by atoms with Gasteiger partial charge in [0.1, 0.15) is 12.0 Å². The van der Waals surface area contributed by atoms with Gasteiger partial charge in [0.15, 0.2) is 6.04 Å². The van der Waals surface area contributed by atoms with Gasteiger partial charge in [-0.15, -0.1) is 0 Å². The molecule has 0 bridgehead atoms. The third-order valence-electron chi connectivity index (χ3n) is 4.32. The van der Waals surface area contributed by atoms with E-state index in [2.05, 4.69) is 15.4 Å². The highest BCUT2D eigenvalue weighted by molar-refractivity contribution is 6.00. The van der Waals surface area contributed by atoms with Gasteiger partial charge in [-0.05, 0) is 17.5 Å². The van der Waals surface area contributed by atoms with E-state index >= 15 is 0 Å². The summed E-state index contributed by atoms with van der Waals surface area (Å²) >= 11 is 0. The van der Waals surface area contributed by atoms with Crippen LogP contribution in [0.25, 0.3) is 5.57 Å². The number of aliphatic carboxylic acids is 2. The maximum atomic E-state index is 11.3. The van der Waals surface area contributed by atoms with Crippen LogP contribution in [0.3, 0.4) is 0 Å². The van der Waals surface area contributed by atoms with E-state index in [1.54, 1.807) is 5.94 Å². The lowest BCUT2D eigenvalue weighted by Gasteiger charge is -2.14. The van der Waals surface area contributed by atoms with Gasteiger partial charge in [-0.1, -0.05) is 60.7 Å². The molecule has 10 heteroatoms. The largest absolute Gasteiger partial charge is 0.480 e. The molecule has 0 spiro atoms. The van der Waals surface area contributed by atoms with Gasteiger partial charge in [-0.25, -0.2) is 9.78 Å². The molecular formula is C23H24N4O6. The number of hydrogen-bond acceptors (Lipinski definition) is 7. The Labute approximate surface area is 189 Å². The third-order valence-corrected chi connectivity index (χ3v) is 4.32. The lowest BCUT2D eigenvalue weighted by Crippen LogP contribution is -2.38. The van der Waals surface area contributed by atoms with Gasteiger partial charge in [0.25, 0.3) is 0 Å². The van der Waals surface area contributed by atoms with Crippen LogP contribution < -0.4 is 11.2 Å². The third kappa shape index (κ3) is 8.52. The van der Waals surface area contributed by atoms with Crippen LogP contribution >= 0.6 is 0 Å². The van der Waals surface area contributed by atoms with Gasteiger partial charge in [-0.3, -0.25) is 14.4 Å². The lowest BCUT2D eigenvalue weighted by atomic mass is 10.1. The molecule has 2 aromatic carbocycles. The number of nitrogens with two attached hydrogens (primary N) is 1. The van der Waals surface area contributed by atoms with Crippen molar-refractivity contribution in [3.05, 3.63) is 90.0 Å². The lowest BCUT2D eigenvalue weighted by molar-refractivity contribution is -0.142. The van der Waals surface area contributed by atoms with Gasteiger partial charge in [0.05, 0.1) is 24.2 Å². The van der Waals surface area contributed by atoms with Gasteiger partial charge in [0.2, 0.25) is 0 Å². The van der Waals surface area contributed by atoms with Crippen molar-refractivity contribution in [1.82, 2.24) is 15.4 Å². The number of carbonyl (C=O) groups is 2. The van der Waals surface area contributed by atoms with Crippen LogP contribution in [0.4, 0.5) is 0 Å². The van der Waals surface area contributed by atoms with E-state index in [-0.39, 0.29) is 17.9 Å². The van der Waals surface area contributed by atoms with Crippen LogP contribution in [0.2, 0.25) is 0 Å². The molecule has 10 nitrogen and oxygen atoms in total. The number of hydroxylamine groups is 1. The summed E-state index contributed by atoms with van der Waals surface area (Å²) in [4.78, 5) is 44.3. The number of H-pyrrole nitrogens is 1. The van der Waals surface area contributed by atoms with E-state index in [1.165, 1.54) is 12.5 Å². The second-order valence-corrected chi connectivity index (χ2v) is 6.77. The number of imidazole rings is 1. The summed E-state index contributed by atoms with van der Waals surface area (Å²) in [5.41, 5.74) is 9.58. The normalized spacial score (nSPS) is 11.9. The zero-order valence-corrected chi connectivity index (χ0v) is 17.5. The fourth-order valence-electron chi connectivity index (χ4n) is 2.64. The summed E-state index contributed by atoms with van der Waals surface area (Å²) in [5, 5.41) is 17.7. The summed E-state index contributed by atoms with van der Waals surface area (Å²) in [6.07, 6.45) is 3.14. The Bertz CT molecular complexity index is 1050. The quantitative estimate of drug-likeness (QED) is 0.226. The van der Waals surface area contributed by atoms with Crippen molar-refractivity contribution in [2.75, 3.05) is 0 Å². The number of carboxylic acids is 2. The summed E-state index contributed by atoms with van der Waals surface area (Å²) in [7, 11) is 0. The van der Waals surface area contributed by atoms with Crippen molar-refractivity contribution in [3.8, 4) is 0 Å². The number of carboxylic acid groups (broad SMARTS) is 2. The highest BCUT2D eigenvalue weighted by Crippen LogP contribution is 2.13. The van der Waals surface area contributed by atoms with Crippen molar-refractivity contribution in [1.29, 1.82) is 0 Å². The first-order valence-electron chi connectivity index (χ1n) is 9.82.